The van der Waals surface area contributed by atoms with E-state index in [2.05, 4.69) is 42.5 Å². The number of nitrogens with one attached hydrogen (secondary N) is 2. The van der Waals surface area contributed by atoms with Crippen LogP contribution >= 0.6 is 31.9 Å². The quantitative estimate of drug-likeness (QED) is 0.467. The van der Waals surface area contributed by atoms with Crippen LogP contribution in [-0.4, -0.2) is 11.8 Å². The first-order valence-corrected chi connectivity index (χ1v) is 9.89. The van der Waals surface area contributed by atoms with Crippen LogP contribution in [0.1, 0.15) is 32.4 Å². The van der Waals surface area contributed by atoms with Crippen molar-refractivity contribution in [2.75, 3.05) is 0 Å². The van der Waals surface area contributed by atoms with Gasteiger partial charge in [0.05, 0.1) is 0 Å². The molecule has 0 aliphatic heterocycles. The molecule has 0 aliphatic rings. The maximum atomic E-state index is 13.3. The van der Waals surface area contributed by atoms with Gasteiger partial charge in [-0.05, 0) is 66.2 Å². The Morgan fingerprint density at radius 2 is 1.07 bits per heavy atom. The van der Waals surface area contributed by atoms with Gasteiger partial charge in [0.1, 0.15) is 12.0 Å². The van der Waals surface area contributed by atoms with Crippen molar-refractivity contribution >= 4 is 43.7 Å². The van der Waals surface area contributed by atoms with Crippen LogP contribution in [0.4, 0.5) is 4.39 Å². The molecule has 7 heteroatoms. The maximum absolute atomic E-state index is 13.3. The summed E-state index contributed by atoms with van der Waals surface area (Å²) in [4.78, 5) is 25.2. The van der Waals surface area contributed by atoms with Crippen LogP contribution in [0, 0.1) is 5.82 Å². The second-order valence-corrected chi connectivity index (χ2v) is 7.78. The largest absolute Gasteiger partial charge is 0.328 e. The topological polar surface area (TPSA) is 58.2 Å². The first kappa shape index (κ1) is 20.2. The standard InChI is InChI=1S/C21H15Br2FN2O2/c22-16-7-1-14(2-8-16)20(27)25-19(13-5-11-18(24)12-6-13)26-21(28)15-3-9-17(23)10-4-15/h1-12,19H,(H,25,27)(H,26,28). The minimum absolute atomic E-state index is 0.363. The van der Waals surface area contributed by atoms with Crippen molar-refractivity contribution < 1.29 is 14.0 Å². The first-order valence-electron chi connectivity index (χ1n) is 8.31. The second-order valence-electron chi connectivity index (χ2n) is 5.95. The second kappa shape index (κ2) is 9.12. The minimum Gasteiger partial charge on any atom is -0.328 e. The molecule has 0 heterocycles. The van der Waals surface area contributed by atoms with E-state index < -0.39 is 12.0 Å². The number of halogens is 3. The Morgan fingerprint density at radius 1 is 0.679 bits per heavy atom. The molecule has 2 amide bonds. The molecule has 0 aromatic heterocycles. The Morgan fingerprint density at radius 3 is 1.46 bits per heavy atom. The highest BCUT2D eigenvalue weighted by Crippen LogP contribution is 2.16. The predicted octanol–water partition coefficient (Wildman–Crippen LogP) is 5.21. The van der Waals surface area contributed by atoms with Crippen molar-refractivity contribution in [1.29, 1.82) is 0 Å². The third-order valence-electron chi connectivity index (χ3n) is 3.97. The number of benzene rings is 3. The van der Waals surface area contributed by atoms with Gasteiger partial charge < -0.3 is 10.6 Å². The molecule has 2 N–H and O–H groups in total. The van der Waals surface area contributed by atoms with Crippen LogP contribution < -0.4 is 10.6 Å². The van der Waals surface area contributed by atoms with Gasteiger partial charge in [0.25, 0.3) is 11.8 Å². The highest BCUT2D eigenvalue weighted by molar-refractivity contribution is 9.10. The van der Waals surface area contributed by atoms with Crippen LogP contribution in [0.25, 0.3) is 0 Å². The van der Waals surface area contributed by atoms with Gasteiger partial charge in [0, 0.05) is 20.1 Å². The van der Waals surface area contributed by atoms with Crippen molar-refractivity contribution in [1.82, 2.24) is 10.6 Å². The van der Waals surface area contributed by atoms with Crippen LogP contribution in [0.3, 0.4) is 0 Å². The molecule has 0 fully saturated rings. The molecule has 3 aromatic rings. The zero-order chi connectivity index (χ0) is 20.1. The molecule has 0 radical (unpaired) electrons. The molecular weight excluding hydrogens is 491 g/mol. The fourth-order valence-electron chi connectivity index (χ4n) is 2.49. The Balaban J connectivity index is 1.83. The Bertz CT molecular complexity index is 915. The van der Waals surface area contributed by atoms with Gasteiger partial charge in [-0.15, -0.1) is 0 Å². The molecule has 3 rings (SSSR count). The van der Waals surface area contributed by atoms with Crippen molar-refractivity contribution in [3.8, 4) is 0 Å². The first-order chi connectivity index (χ1) is 13.4. The van der Waals surface area contributed by atoms with Gasteiger partial charge >= 0.3 is 0 Å². The van der Waals surface area contributed by atoms with Gasteiger partial charge in [0.15, 0.2) is 0 Å². The average molecular weight is 506 g/mol. The van der Waals surface area contributed by atoms with Crippen LogP contribution in [0.5, 0.6) is 0 Å². The fraction of sp³-hybridized carbons (Fsp3) is 0.0476. The van der Waals surface area contributed by atoms with Crippen LogP contribution in [-0.2, 0) is 0 Å². The van der Waals surface area contributed by atoms with Crippen molar-refractivity contribution in [2.45, 2.75) is 6.17 Å². The number of hydrogen-bond donors (Lipinski definition) is 2. The molecule has 0 saturated heterocycles. The van der Waals surface area contributed by atoms with E-state index in [1.807, 2.05) is 0 Å². The summed E-state index contributed by atoms with van der Waals surface area (Å²) in [5, 5.41) is 5.57. The lowest BCUT2D eigenvalue weighted by atomic mass is 10.1. The molecule has 3 aromatic carbocycles. The summed E-state index contributed by atoms with van der Waals surface area (Å²) in [7, 11) is 0. The smallest absolute Gasteiger partial charge is 0.253 e. The Kier molecular flexibility index (Phi) is 6.59. The molecule has 0 bridgehead atoms. The lowest BCUT2D eigenvalue weighted by Gasteiger charge is -2.21. The summed E-state index contributed by atoms with van der Waals surface area (Å²) in [6.45, 7) is 0. The Labute approximate surface area is 178 Å². The predicted molar refractivity (Wildman–Crippen MR) is 112 cm³/mol. The summed E-state index contributed by atoms with van der Waals surface area (Å²) in [6.07, 6.45) is -0.826. The summed E-state index contributed by atoms with van der Waals surface area (Å²) in [5.41, 5.74) is 1.43. The lowest BCUT2D eigenvalue weighted by Crippen LogP contribution is -2.41. The minimum atomic E-state index is -0.826. The van der Waals surface area contributed by atoms with Gasteiger partial charge in [-0.1, -0.05) is 44.0 Å². The molecule has 0 unspecified atom stereocenters. The van der Waals surface area contributed by atoms with E-state index in [1.165, 1.54) is 24.3 Å². The molecule has 0 saturated carbocycles. The van der Waals surface area contributed by atoms with Crippen molar-refractivity contribution in [3.05, 3.63) is 104 Å². The average Bonchev–Trinajstić information content (AvgIpc) is 2.69. The van der Waals surface area contributed by atoms with Gasteiger partial charge in [-0.3, -0.25) is 9.59 Å². The number of amides is 2. The monoisotopic (exact) mass is 504 g/mol. The van der Waals surface area contributed by atoms with Gasteiger partial charge in [-0.25, -0.2) is 4.39 Å². The van der Waals surface area contributed by atoms with Gasteiger partial charge in [0.2, 0.25) is 0 Å². The van der Waals surface area contributed by atoms with E-state index in [0.29, 0.717) is 16.7 Å². The molecule has 0 aliphatic carbocycles. The summed E-state index contributed by atoms with van der Waals surface area (Å²) < 4.78 is 15.0. The van der Waals surface area contributed by atoms with Crippen molar-refractivity contribution in [3.63, 3.8) is 0 Å². The van der Waals surface area contributed by atoms with Crippen LogP contribution in [0.2, 0.25) is 0 Å². The normalized spacial score (nSPS) is 10.6. The van der Waals surface area contributed by atoms with E-state index in [9.17, 15) is 14.0 Å². The van der Waals surface area contributed by atoms with Crippen LogP contribution in [0.15, 0.2) is 81.7 Å². The molecular formula is C21H15Br2FN2O2. The summed E-state index contributed by atoms with van der Waals surface area (Å²) in [6, 6.07) is 19.3. The molecule has 142 valence electrons. The Hall–Kier alpha value is -2.51. The van der Waals surface area contributed by atoms with E-state index >= 15 is 0 Å². The van der Waals surface area contributed by atoms with E-state index in [1.54, 1.807) is 48.5 Å². The number of carbonyl (C=O) groups is 2. The lowest BCUT2D eigenvalue weighted by molar-refractivity contribution is 0.0883. The molecule has 0 atom stereocenters. The van der Waals surface area contributed by atoms with E-state index in [4.69, 9.17) is 0 Å². The van der Waals surface area contributed by atoms with Crippen molar-refractivity contribution in [2.24, 2.45) is 0 Å². The number of rotatable bonds is 5. The zero-order valence-electron chi connectivity index (χ0n) is 14.5. The van der Waals surface area contributed by atoms with Gasteiger partial charge in [-0.2, -0.15) is 0 Å². The third-order valence-corrected chi connectivity index (χ3v) is 5.02. The summed E-state index contributed by atoms with van der Waals surface area (Å²) in [5.74, 6) is -1.13. The third kappa shape index (κ3) is 5.27. The zero-order valence-corrected chi connectivity index (χ0v) is 17.6. The molecule has 0 spiro atoms. The fourth-order valence-corrected chi connectivity index (χ4v) is 3.02. The number of hydrogen-bond acceptors (Lipinski definition) is 2. The SMILES string of the molecule is O=C(NC(NC(=O)c1ccc(Br)cc1)c1ccc(F)cc1)c1ccc(Br)cc1. The highest BCUT2D eigenvalue weighted by Gasteiger charge is 2.19. The highest BCUT2D eigenvalue weighted by atomic mass is 79.9. The molecule has 28 heavy (non-hydrogen) atoms. The number of carbonyl (C=O) groups excluding carboxylic acids is 2. The van der Waals surface area contributed by atoms with E-state index in [-0.39, 0.29) is 11.8 Å². The van der Waals surface area contributed by atoms with E-state index in [0.717, 1.165) is 8.95 Å². The summed E-state index contributed by atoms with van der Waals surface area (Å²) >= 11 is 6.65. The molecule has 4 nitrogen and oxygen atoms in total. The maximum Gasteiger partial charge on any atom is 0.253 e.